The molecule has 0 aromatic carbocycles. The van der Waals surface area contributed by atoms with Gasteiger partial charge in [0.15, 0.2) is 0 Å². The molecule has 0 fully saturated rings. The molecule has 1 aromatic rings. The highest BCUT2D eigenvalue weighted by molar-refractivity contribution is 7.88. The number of aryl methyl sites for hydroxylation is 1. The maximum Gasteiger partial charge on any atom is 0.304 e. The molecule has 4 nitrogen and oxygen atoms in total. The topological polar surface area (TPSA) is 63.6 Å². The maximum atomic E-state index is 10.7. The fourth-order valence-electron chi connectivity index (χ4n) is 0.890. The van der Waals surface area contributed by atoms with Gasteiger partial charge in [-0.2, -0.15) is 8.42 Å². The van der Waals surface area contributed by atoms with Gasteiger partial charge in [-0.25, -0.2) is 0 Å². The second-order valence-electron chi connectivity index (χ2n) is 2.58. The van der Waals surface area contributed by atoms with E-state index in [0.29, 0.717) is 6.61 Å². The van der Waals surface area contributed by atoms with Crippen LogP contribution >= 0.6 is 11.3 Å². The van der Waals surface area contributed by atoms with Crippen molar-refractivity contribution >= 4 is 21.5 Å². The monoisotopic (exact) mass is 222 g/mol. The Kier molecular flexibility index (Phi) is 3.07. The summed E-state index contributed by atoms with van der Waals surface area (Å²) in [5, 5.41) is 0. The Labute approximate surface area is 80.9 Å². The average molecular weight is 222 g/mol. The normalized spacial score (nSPS) is 11.9. The summed E-state index contributed by atoms with van der Waals surface area (Å²) in [5.41, 5.74) is 0.819. The van der Waals surface area contributed by atoms with Crippen LogP contribution in [0.1, 0.15) is 10.4 Å². The van der Waals surface area contributed by atoms with Crippen molar-refractivity contribution in [2.45, 2.75) is 17.7 Å². The number of ether oxygens (including phenoxy) is 1. The first kappa shape index (κ1) is 10.6. The highest BCUT2D eigenvalue weighted by Gasteiger charge is 2.15. The predicted octanol–water partition coefficient (Wildman–Crippen LogP) is 1.45. The van der Waals surface area contributed by atoms with Crippen molar-refractivity contribution in [2.75, 3.05) is 7.11 Å². The number of hydrogen-bond acceptors (Lipinski definition) is 4. The van der Waals surface area contributed by atoms with E-state index in [4.69, 9.17) is 9.29 Å². The van der Waals surface area contributed by atoms with Crippen LogP contribution < -0.4 is 0 Å². The minimum Gasteiger partial charge on any atom is -0.379 e. The third-order valence-corrected chi connectivity index (χ3v) is 4.04. The molecule has 74 valence electrons. The molecule has 0 saturated carbocycles. The van der Waals surface area contributed by atoms with Crippen LogP contribution in [0.5, 0.6) is 0 Å². The first-order valence-electron chi connectivity index (χ1n) is 3.51. The first-order valence-corrected chi connectivity index (χ1v) is 5.76. The Hall–Kier alpha value is -0.430. The van der Waals surface area contributed by atoms with E-state index >= 15 is 0 Å². The summed E-state index contributed by atoms with van der Waals surface area (Å²) in [6, 6.07) is 1.44. The Morgan fingerprint density at radius 2 is 2.23 bits per heavy atom. The Morgan fingerprint density at radius 1 is 1.62 bits per heavy atom. The Bertz CT molecular complexity index is 391. The van der Waals surface area contributed by atoms with Gasteiger partial charge in [-0.05, 0) is 18.6 Å². The van der Waals surface area contributed by atoms with Crippen molar-refractivity contribution in [1.82, 2.24) is 0 Å². The summed E-state index contributed by atoms with van der Waals surface area (Å²) in [6.07, 6.45) is 0. The van der Waals surface area contributed by atoms with E-state index in [0.717, 1.165) is 21.8 Å². The molecule has 1 N–H and O–H groups in total. The molecule has 0 spiro atoms. The third-order valence-electron chi connectivity index (χ3n) is 1.53. The Balaban J connectivity index is 3.09. The summed E-state index contributed by atoms with van der Waals surface area (Å²) in [4.78, 5) is 0.815. The zero-order valence-electron chi connectivity index (χ0n) is 7.27. The van der Waals surface area contributed by atoms with E-state index in [1.165, 1.54) is 13.2 Å². The summed E-state index contributed by atoms with van der Waals surface area (Å²) in [7, 11) is -2.53. The van der Waals surface area contributed by atoms with Crippen molar-refractivity contribution in [3.8, 4) is 0 Å². The molecule has 13 heavy (non-hydrogen) atoms. The summed E-state index contributed by atoms with van der Waals surface area (Å²) in [5.74, 6) is 0. The fourth-order valence-corrected chi connectivity index (χ4v) is 2.81. The molecular weight excluding hydrogens is 212 g/mol. The molecular formula is C7H10O4S2. The smallest absolute Gasteiger partial charge is 0.304 e. The molecule has 0 unspecified atom stereocenters. The van der Waals surface area contributed by atoms with E-state index in [1.807, 2.05) is 0 Å². The van der Waals surface area contributed by atoms with Gasteiger partial charge in [-0.3, -0.25) is 4.55 Å². The average Bonchev–Trinajstić information content (AvgIpc) is 2.32. The lowest BCUT2D eigenvalue weighted by atomic mass is 10.3. The van der Waals surface area contributed by atoms with Gasteiger partial charge in [0.25, 0.3) is 0 Å². The number of methoxy groups -OCH3 is 1. The van der Waals surface area contributed by atoms with Crippen LogP contribution in [0.25, 0.3) is 0 Å². The lowest BCUT2D eigenvalue weighted by molar-refractivity contribution is 0.187. The van der Waals surface area contributed by atoms with E-state index in [1.54, 1.807) is 6.92 Å². The second kappa shape index (κ2) is 3.75. The molecule has 0 atom stereocenters. The predicted molar refractivity (Wildman–Crippen MR) is 49.6 cm³/mol. The van der Waals surface area contributed by atoms with Gasteiger partial charge in [-0.1, -0.05) is 0 Å². The standard InChI is InChI=1S/C7H10O4S2/c1-5-3-7(13(8,9)10)12-6(5)4-11-2/h3H,4H2,1-2H3,(H,8,9,10). The van der Waals surface area contributed by atoms with Crippen LogP contribution in [-0.2, 0) is 21.5 Å². The second-order valence-corrected chi connectivity index (χ2v) is 5.36. The maximum absolute atomic E-state index is 10.7. The van der Waals surface area contributed by atoms with Crippen molar-refractivity contribution in [1.29, 1.82) is 0 Å². The van der Waals surface area contributed by atoms with E-state index in [-0.39, 0.29) is 4.21 Å². The summed E-state index contributed by atoms with van der Waals surface area (Å²) < 4.78 is 35.0. The van der Waals surface area contributed by atoms with Crippen molar-refractivity contribution in [3.63, 3.8) is 0 Å². The summed E-state index contributed by atoms with van der Waals surface area (Å²) >= 11 is 1.03. The van der Waals surface area contributed by atoms with Crippen LogP contribution in [-0.4, -0.2) is 20.1 Å². The third kappa shape index (κ3) is 2.50. The van der Waals surface area contributed by atoms with Gasteiger partial charge in [-0.15, -0.1) is 11.3 Å². The van der Waals surface area contributed by atoms with Gasteiger partial charge in [0.05, 0.1) is 6.61 Å². The molecule has 1 rings (SSSR count). The lowest BCUT2D eigenvalue weighted by Gasteiger charge is -1.94. The highest BCUT2D eigenvalue weighted by Crippen LogP contribution is 2.26. The molecule has 0 radical (unpaired) electrons. The zero-order valence-corrected chi connectivity index (χ0v) is 8.91. The molecule has 1 heterocycles. The number of thiophene rings is 1. The molecule has 0 bridgehead atoms. The van der Waals surface area contributed by atoms with Crippen LogP contribution in [0, 0.1) is 6.92 Å². The highest BCUT2D eigenvalue weighted by atomic mass is 32.3. The van der Waals surface area contributed by atoms with Crippen LogP contribution in [0.15, 0.2) is 10.3 Å². The SMILES string of the molecule is COCc1sc(S(=O)(=O)O)cc1C. The lowest BCUT2D eigenvalue weighted by Crippen LogP contribution is -1.93. The minimum absolute atomic E-state index is 0.0305. The van der Waals surface area contributed by atoms with Gasteiger partial charge in [0.1, 0.15) is 4.21 Å². The van der Waals surface area contributed by atoms with Crippen LogP contribution in [0.3, 0.4) is 0 Å². The van der Waals surface area contributed by atoms with Crippen molar-refractivity contribution in [2.24, 2.45) is 0 Å². The van der Waals surface area contributed by atoms with Gasteiger partial charge >= 0.3 is 10.1 Å². The number of rotatable bonds is 3. The molecule has 6 heteroatoms. The van der Waals surface area contributed by atoms with Crippen LogP contribution in [0.4, 0.5) is 0 Å². The first-order chi connectivity index (χ1) is 5.95. The zero-order chi connectivity index (χ0) is 10.1. The molecule has 0 aliphatic heterocycles. The van der Waals surface area contributed by atoms with E-state index in [2.05, 4.69) is 0 Å². The molecule has 0 aliphatic rings. The van der Waals surface area contributed by atoms with Crippen LogP contribution in [0.2, 0.25) is 0 Å². The minimum atomic E-state index is -4.06. The molecule has 0 amide bonds. The van der Waals surface area contributed by atoms with Crippen molar-refractivity contribution < 1.29 is 17.7 Å². The quantitative estimate of drug-likeness (QED) is 0.786. The van der Waals surface area contributed by atoms with E-state index in [9.17, 15) is 8.42 Å². The Morgan fingerprint density at radius 3 is 2.62 bits per heavy atom. The van der Waals surface area contributed by atoms with Gasteiger partial charge in [0, 0.05) is 12.0 Å². The molecule has 0 saturated heterocycles. The summed E-state index contributed by atoms with van der Waals surface area (Å²) in [6.45, 7) is 2.14. The van der Waals surface area contributed by atoms with E-state index < -0.39 is 10.1 Å². The molecule has 1 aromatic heterocycles. The van der Waals surface area contributed by atoms with Gasteiger partial charge in [0.2, 0.25) is 0 Å². The molecule has 0 aliphatic carbocycles. The fraction of sp³-hybridized carbons (Fsp3) is 0.429. The van der Waals surface area contributed by atoms with Gasteiger partial charge < -0.3 is 4.74 Å². The van der Waals surface area contributed by atoms with Crippen molar-refractivity contribution in [3.05, 3.63) is 16.5 Å². The largest absolute Gasteiger partial charge is 0.379 e. The number of hydrogen-bond donors (Lipinski definition) is 1.